The highest BCUT2D eigenvalue weighted by molar-refractivity contribution is 5.24. The molecule has 0 fully saturated rings. The number of halogens is 2. The fourth-order valence-corrected chi connectivity index (χ4v) is 1.34. The molecule has 1 rings (SSSR count). The summed E-state index contributed by atoms with van der Waals surface area (Å²) in [7, 11) is 1.56. The molecule has 15 heavy (non-hydrogen) atoms. The summed E-state index contributed by atoms with van der Waals surface area (Å²) in [5, 5.41) is 0. The summed E-state index contributed by atoms with van der Waals surface area (Å²) in [6.45, 7) is 2.17. The molecule has 0 saturated heterocycles. The molecular formula is C11H15F2NO. The van der Waals surface area contributed by atoms with Crippen molar-refractivity contribution in [3.8, 4) is 0 Å². The number of hydrogen-bond donors (Lipinski definition) is 1. The van der Waals surface area contributed by atoms with Gasteiger partial charge in [0.05, 0.1) is 0 Å². The van der Waals surface area contributed by atoms with Crippen molar-refractivity contribution in [1.82, 2.24) is 0 Å². The maximum Gasteiger partial charge on any atom is 0.126 e. The Bertz CT molecular complexity index is 319. The molecule has 1 aromatic carbocycles. The van der Waals surface area contributed by atoms with E-state index >= 15 is 0 Å². The lowest BCUT2D eigenvalue weighted by molar-refractivity contribution is 0.172. The Kier molecular flexibility index (Phi) is 3.77. The van der Waals surface area contributed by atoms with Crippen LogP contribution in [-0.4, -0.2) is 13.7 Å². The van der Waals surface area contributed by atoms with Gasteiger partial charge < -0.3 is 10.5 Å². The zero-order valence-corrected chi connectivity index (χ0v) is 8.89. The maximum atomic E-state index is 13.0. The van der Waals surface area contributed by atoms with E-state index in [0.717, 1.165) is 6.07 Å². The van der Waals surface area contributed by atoms with Gasteiger partial charge in [0.15, 0.2) is 0 Å². The summed E-state index contributed by atoms with van der Waals surface area (Å²) < 4.78 is 30.8. The van der Waals surface area contributed by atoms with Gasteiger partial charge in [-0.05, 0) is 31.0 Å². The quantitative estimate of drug-likeness (QED) is 0.835. The van der Waals surface area contributed by atoms with Gasteiger partial charge in [0.1, 0.15) is 11.6 Å². The first kappa shape index (κ1) is 12.1. The van der Waals surface area contributed by atoms with Crippen molar-refractivity contribution in [2.45, 2.75) is 18.9 Å². The minimum Gasteiger partial charge on any atom is -0.385 e. The summed E-state index contributed by atoms with van der Waals surface area (Å²) >= 11 is 0. The number of benzene rings is 1. The van der Waals surface area contributed by atoms with Crippen LogP contribution in [0.3, 0.4) is 0 Å². The van der Waals surface area contributed by atoms with Crippen molar-refractivity contribution in [2.75, 3.05) is 13.7 Å². The smallest absolute Gasteiger partial charge is 0.126 e. The van der Waals surface area contributed by atoms with Gasteiger partial charge in [0.25, 0.3) is 0 Å². The third-order valence-corrected chi connectivity index (χ3v) is 2.35. The molecule has 0 aromatic heterocycles. The third kappa shape index (κ3) is 3.25. The standard InChI is InChI=1S/C11H15F2NO/c1-11(14,3-4-15-2)8-5-9(12)7-10(13)6-8/h5-7H,3-4,14H2,1-2H3. The number of nitrogens with two attached hydrogens (primary N) is 1. The fraction of sp³-hybridized carbons (Fsp3) is 0.455. The van der Waals surface area contributed by atoms with Crippen LogP contribution < -0.4 is 5.73 Å². The highest BCUT2D eigenvalue weighted by atomic mass is 19.1. The first-order valence-electron chi connectivity index (χ1n) is 4.70. The van der Waals surface area contributed by atoms with Crippen molar-refractivity contribution in [3.05, 3.63) is 35.4 Å². The summed E-state index contributed by atoms with van der Waals surface area (Å²) in [5.74, 6) is -1.22. The Morgan fingerprint density at radius 2 is 1.80 bits per heavy atom. The van der Waals surface area contributed by atoms with E-state index in [0.29, 0.717) is 18.6 Å². The second-order valence-corrected chi connectivity index (χ2v) is 3.82. The minimum atomic E-state index is -0.779. The van der Waals surface area contributed by atoms with Crippen molar-refractivity contribution < 1.29 is 13.5 Å². The highest BCUT2D eigenvalue weighted by Crippen LogP contribution is 2.23. The number of rotatable bonds is 4. The Labute approximate surface area is 88.0 Å². The van der Waals surface area contributed by atoms with Crippen molar-refractivity contribution in [1.29, 1.82) is 0 Å². The Morgan fingerprint density at radius 1 is 1.27 bits per heavy atom. The molecule has 1 unspecified atom stereocenters. The topological polar surface area (TPSA) is 35.2 Å². The predicted molar refractivity (Wildman–Crippen MR) is 54.4 cm³/mol. The first-order chi connectivity index (χ1) is 6.95. The van der Waals surface area contributed by atoms with Crippen LogP contribution >= 0.6 is 0 Å². The summed E-state index contributed by atoms with van der Waals surface area (Å²) in [6.07, 6.45) is 0.506. The average Bonchev–Trinajstić information content (AvgIpc) is 2.13. The Balaban J connectivity index is 2.93. The molecule has 4 heteroatoms. The van der Waals surface area contributed by atoms with E-state index in [1.54, 1.807) is 14.0 Å². The number of methoxy groups -OCH3 is 1. The zero-order chi connectivity index (χ0) is 11.5. The molecule has 0 aliphatic heterocycles. The molecule has 1 atom stereocenters. The monoisotopic (exact) mass is 215 g/mol. The van der Waals surface area contributed by atoms with E-state index in [2.05, 4.69) is 0 Å². The van der Waals surface area contributed by atoms with Crippen molar-refractivity contribution in [3.63, 3.8) is 0 Å². The molecular weight excluding hydrogens is 200 g/mol. The summed E-state index contributed by atoms with van der Waals surface area (Å²) in [5.41, 5.74) is 5.61. The van der Waals surface area contributed by atoms with Gasteiger partial charge in [-0.15, -0.1) is 0 Å². The molecule has 0 radical (unpaired) electrons. The van der Waals surface area contributed by atoms with Gasteiger partial charge in [-0.1, -0.05) is 0 Å². The molecule has 84 valence electrons. The molecule has 0 bridgehead atoms. The molecule has 0 amide bonds. The van der Waals surface area contributed by atoms with Gasteiger partial charge in [-0.25, -0.2) is 8.78 Å². The molecule has 1 aromatic rings. The molecule has 0 aliphatic rings. The lowest BCUT2D eigenvalue weighted by Crippen LogP contribution is -2.34. The van der Waals surface area contributed by atoms with E-state index in [9.17, 15) is 8.78 Å². The summed E-state index contributed by atoms with van der Waals surface area (Å²) in [4.78, 5) is 0. The minimum absolute atomic E-state index is 0.442. The Morgan fingerprint density at radius 3 is 2.27 bits per heavy atom. The summed E-state index contributed by atoms with van der Waals surface area (Å²) in [6, 6.07) is 3.33. The van der Waals surface area contributed by atoms with Crippen LogP contribution in [0.15, 0.2) is 18.2 Å². The predicted octanol–water partition coefficient (Wildman–Crippen LogP) is 2.18. The second kappa shape index (κ2) is 4.68. The van der Waals surface area contributed by atoms with Crippen molar-refractivity contribution in [2.24, 2.45) is 5.73 Å². The van der Waals surface area contributed by atoms with E-state index in [1.165, 1.54) is 12.1 Å². The van der Waals surface area contributed by atoms with Gasteiger partial charge in [0.2, 0.25) is 0 Å². The maximum absolute atomic E-state index is 13.0. The van der Waals surface area contributed by atoms with E-state index in [-0.39, 0.29) is 0 Å². The van der Waals surface area contributed by atoms with Gasteiger partial charge in [-0.3, -0.25) is 0 Å². The molecule has 0 spiro atoms. The molecule has 0 heterocycles. The zero-order valence-electron chi connectivity index (χ0n) is 8.89. The van der Waals surface area contributed by atoms with Crippen LogP contribution in [0.4, 0.5) is 8.78 Å². The van der Waals surface area contributed by atoms with Gasteiger partial charge in [-0.2, -0.15) is 0 Å². The van der Waals surface area contributed by atoms with Crippen LogP contribution in [-0.2, 0) is 10.3 Å². The van der Waals surface area contributed by atoms with E-state index in [1.807, 2.05) is 0 Å². The van der Waals surface area contributed by atoms with Crippen LogP contribution in [0.25, 0.3) is 0 Å². The molecule has 2 N–H and O–H groups in total. The fourth-order valence-electron chi connectivity index (χ4n) is 1.34. The average molecular weight is 215 g/mol. The number of ether oxygens (including phenoxy) is 1. The highest BCUT2D eigenvalue weighted by Gasteiger charge is 2.22. The third-order valence-electron chi connectivity index (χ3n) is 2.35. The lowest BCUT2D eigenvalue weighted by atomic mass is 9.90. The van der Waals surface area contributed by atoms with Crippen LogP contribution in [0.2, 0.25) is 0 Å². The molecule has 0 aliphatic carbocycles. The van der Waals surface area contributed by atoms with E-state index < -0.39 is 17.2 Å². The van der Waals surface area contributed by atoms with Crippen LogP contribution in [0.1, 0.15) is 18.9 Å². The largest absolute Gasteiger partial charge is 0.385 e. The van der Waals surface area contributed by atoms with Gasteiger partial charge in [0, 0.05) is 25.3 Å². The normalized spacial score (nSPS) is 15.0. The SMILES string of the molecule is COCCC(C)(N)c1cc(F)cc(F)c1. The van der Waals surface area contributed by atoms with Gasteiger partial charge >= 0.3 is 0 Å². The second-order valence-electron chi connectivity index (χ2n) is 3.82. The molecule has 2 nitrogen and oxygen atoms in total. The van der Waals surface area contributed by atoms with Crippen LogP contribution in [0, 0.1) is 11.6 Å². The first-order valence-corrected chi connectivity index (χ1v) is 4.70. The van der Waals surface area contributed by atoms with Crippen molar-refractivity contribution >= 4 is 0 Å². The molecule has 0 saturated carbocycles. The lowest BCUT2D eigenvalue weighted by Gasteiger charge is -2.25. The number of hydrogen-bond acceptors (Lipinski definition) is 2. The van der Waals surface area contributed by atoms with Crippen LogP contribution in [0.5, 0.6) is 0 Å². The Hall–Kier alpha value is -1.00. The van der Waals surface area contributed by atoms with E-state index in [4.69, 9.17) is 10.5 Å².